The Morgan fingerprint density at radius 2 is 1.86 bits per heavy atom. The van der Waals surface area contributed by atoms with Crippen molar-refractivity contribution in [1.82, 2.24) is 0 Å². The monoisotopic (exact) mass is 196 g/mol. The molecule has 3 N–H and O–H groups in total. The number of nitrogens with one attached hydrogen (secondary N) is 1. The van der Waals surface area contributed by atoms with E-state index in [1.54, 1.807) is 7.11 Å². The average Bonchev–Trinajstić information content (AvgIpc) is 2.24. The molecule has 80 valence electrons. The van der Waals surface area contributed by atoms with Crippen LogP contribution < -0.4 is 15.8 Å². The summed E-state index contributed by atoms with van der Waals surface area (Å²) in [7, 11) is 3.48. The van der Waals surface area contributed by atoms with Crippen LogP contribution in [0.5, 0.6) is 5.75 Å². The lowest BCUT2D eigenvalue weighted by Crippen LogP contribution is -1.97. The standard InChI is InChI=1S/C9H14N2O.C2H6/c1-6-4-8(11-2)9(12-3)5-7(6)10;1-2/h4-5,11H,10H2,1-3H3;1-2H3. The lowest BCUT2D eigenvalue weighted by molar-refractivity contribution is 0.417. The number of methoxy groups -OCH3 is 1. The highest BCUT2D eigenvalue weighted by Gasteiger charge is 2.03. The Hall–Kier alpha value is -1.38. The molecule has 0 aliphatic heterocycles. The van der Waals surface area contributed by atoms with Crippen LogP contribution in [-0.4, -0.2) is 14.2 Å². The van der Waals surface area contributed by atoms with Gasteiger partial charge in [0.1, 0.15) is 5.75 Å². The fraction of sp³-hybridized carbons (Fsp3) is 0.455. The van der Waals surface area contributed by atoms with E-state index < -0.39 is 0 Å². The van der Waals surface area contributed by atoms with Crippen molar-refractivity contribution in [2.45, 2.75) is 20.8 Å². The maximum absolute atomic E-state index is 5.71. The van der Waals surface area contributed by atoms with Gasteiger partial charge < -0.3 is 15.8 Å². The number of benzene rings is 1. The topological polar surface area (TPSA) is 47.3 Å². The van der Waals surface area contributed by atoms with Gasteiger partial charge in [-0.15, -0.1) is 0 Å². The van der Waals surface area contributed by atoms with Gasteiger partial charge in [0.2, 0.25) is 0 Å². The van der Waals surface area contributed by atoms with Crippen molar-refractivity contribution in [3.63, 3.8) is 0 Å². The van der Waals surface area contributed by atoms with Crippen LogP contribution in [0.3, 0.4) is 0 Å². The van der Waals surface area contributed by atoms with Gasteiger partial charge in [-0.2, -0.15) is 0 Å². The van der Waals surface area contributed by atoms with Gasteiger partial charge in [0.25, 0.3) is 0 Å². The van der Waals surface area contributed by atoms with Crippen LogP contribution in [0.1, 0.15) is 19.4 Å². The Morgan fingerprint density at radius 1 is 1.29 bits per heavy atom. The van der Waals surface area contributed by atoms with E-state index in [0.717, 1.165) is 22.7 Å². The molecule has 0 unspecified atom stereocenters. The first kappa shape index (κ1) is 12.6. The summed E-state index contributed by atoms with van der Waals surface area (Å²) in [5.74, 6) is 0.778. The second-order valence-corrected chi connectivity index (χ2v) is 2.66. The number of ether oxygens (including phenoxy) is 1. The van der Waals surface area contributed by atoms with Gasteiger partial charge in [-0.3, -0.25) is 0 Å². The normalized spacial score (nSPS) is 8.64. The highest BCUT2D eigenvalue weighted by atomic mass is 16.5. The van der Waals surface area contributed by atoms with E-state index >= 15 is 0 Å². The molecule has 1 rings (SSSR count). The molecule has 3 heteroatoms. The third kappa shape index (κ3) is 2.83. The van der Waals surface area contributed by atoms with Crippen LogP contribution >= 0.6 is 0 Å². The van der Waals surface area contributed by atoms with E-state index in [1.807, 2.05) is 40.0 Å². The van der Waals surface area contributed by atoms with Crippen molar-refractivity contribution in [3.05, 3.63) is 17.7 Å². The molecule has 1 aromatic rings. The number of hydrogen-bond acceptors (Lipinski definition) is 3. The van der Waals surface area contributed by atoms with Gasteiger partial charge in [-0.1, -0.05) is 13.8 Å². The third-order valence-corrected chi connectivity index (χ3v) is 1.86. The van der Waals surface area contributed by atoms with Gasteiger partial charge in [0, 0.05) is 18.8 Å². The van der Waals surface area contributed by atoms with Crippen LogP contribution in [0, 0.1) is 6.92 Å². The summed E-state index contributed by atoms with van der Waals surface area (Å²) in [6.07, 6.45) is 0. The Kier molecular flexibility index (Phi) is 5.53. The molecule has 0 spiro atoms. The molecular weight excluding hydrogens is 176 g/mol. The van der Waals surface area contributed by atoms with Crippen LogP contribution in [0.4, 0.5) is 11.4 Å². The quantitative estimate of drug-likeness (QED) is 0.715. The largest absolute Gasteiger partial charge is 0.495 e. The van der Waals surface area contributed by atoms with E-state index in [2.05, 4.69) is 5.32 Å². The molecule has 1 aromatic carbocycles. The van der Waals surface area contributed by atoms with Crippen LogP contribution in [0.2, 0.25) is 0 Å². The molecular formula is C11H20N2O. The fourth-order valence-corrected chi connectivity index (χ4v) is 1.07. The summed E-state index contributed by atoms with van der Waals surface area (Å²) >= 11 is 0. The number of nitrogens with two attached hydrogens (primary N) is 1. The molecule has 0 aromatic heterocycles. The summed E-state index contributed by atoms with van der Waals surface area (Å²) < 4.78 is 5.13. The number of hydrogen-bond donors (Lipinski definition) is 2. The molecule has 0 saturated carbocycles. The number of rotatable bonds is 2. The van der Waals surface area contributed by atoms with Gasteiger partial charge in [0.15, 0.2) is 0 Å². The van der Waals surface area contributed by atoms with Gasteiger partial charge >= 0.3 is 0 Å². The Balaban J connectivity index is 0.000000791. The number of anilines is 2. The van der Waals surface area contributed by atoms with Crippen molar-refractivity contribution >= 4 is 11.4 Å². The number of nitrogen functional groups attached to an aromatic ring is 1. The van der Waals surface area contributed by atoms with E-state index in [9.17, 15) is 0 Å². The summed E-state index contributed by atoms with van der Waals surface area (Å²) in [5.41, 5.74) is 8.49. The van der Waals surface area contributed by atoms with Crippen molar-refractivity contribution in [2.75, 3.05) is 25.2 Å². The zero-order valence-electron chi connectivity index (χ0n) is 9.64. The van der Waals surface area contributed by atoms with Crippen molar-refractivity contribution in [2.24, 2.45) is 0 Å². The molecule has 0 bridgehead atoms. The molecule has 0 aliphatic carbocycles. The summed E-state index contributed by atoms with van der Waals surface area (Å²) in [6, 6.07) is 3.79. The summed E-state index contributed by atoms with van der Waals surface area (Å²) in [6.45, 7) is 5.97. The van der Waals surface area contributed by atoms with Crippen molar-refractivity contribution in [3.8, 4) is 5.75 Å². The molecule has 0 radical (unpaired) electrons. The van der Waals surface area contributed by atoms with Crippen LogP contribution in [-0.2, 0) is 0 Å². The summed E-state index contributed by atoms with van der Waals surface area (Å²) in [4.78, 5) is 0. The minimum atomic E-state index is 0.755. The molecule has 0 heterocycles. The predicted molar refractivity (Wildman–Crippen MR) is 63.0 cm³/mol. The highest BCUT2D eigenvalue weighted by Crippen LogP contribution is 2.28. The number of aryl methyl sites for hydroxylation is 1. The van der Waals surface area contributed by atoms with E-state index in [-0.39, 0.29) is 0 Å². The van der Waals surface area contributed by atoms with E-state index in [1.165, 1.54) is 0 Å². The molecule has 3 nitrogen and oxygen atoms in total. The maximum atomic E-state index is 5.71. The minimum Gasteiger partial charge on any atom is -0.495 e. The van der Waals surface area contributed by atoms with Gasteiger partial charge in [-0.25, -0.2) is 0 Å². The first-order valence-electron chi connectivity index (χ1n) is 4.81. The zero-order chi connectivity index (χ0) is 11.1. The Bertz CT molecular complexity index is 256. The molecule has 14 heavy (non-hydrogen) atoms. The lowest BCUT2D eigenvalue weighted by atomic mass is 10.1. The predicted octanol–water partition coefficient (Wildman–Crippen LogP) is 2.65. The molecule has 0 fully saturated rings. The Morgan fingerprint density at radius 3 is 2.29 bits per heavy atom. The first-order valence-corrected chi connectivity index (χ1v) is 4.81. The lowest BCUT2D eigenvalue weighted by Gasteiger charge is -2.10. The molecule has 0 amide bonds. The summed E-state index contributed by atoms with van der Waals surface area (Å²) in [5, 5.41) is 3.03. The average molecular weight is 196 g/mol. The molecule has 0 saturated heterocycles. The fourth-order valence-electron chi connectivity index (χ4n) is 1.07. The van der Waals surface area contributed by atoms with Crippen LogP contribution in [0.25, 0.3) is 0 Å². The van der Waals surface area contributed by atoms with Crippen molar-refractivity contribution < 1.29 is 4.74 Å². The van der Waals surface area contributed by atoms with E-state index in [0.29, 0.717) is 0 Å². The SMILES string of the molecule is CC.CNc1cc(C)c(N)cc1OC. The second-order valence-electron chi connectivity index (χ2n) is 2.66. The molecule has 0 atom stereocenters. The van der Waals surface area contributed by atoms with Gasteiger partial charge in [-0.05, 0) is 18.6 Å². The highest BCUT2D eigenvalue weighted by molar-refractivity contribution is 5.65. The van der Waals surface area contributed by atoms with Gasteiger partial charge in [0.05, 0.1) is 12.8 Å². The van der Waals surface area contributed by atoms with Crippen LogP contribution in [0.15, 0.2) is 12.1 Å². The van der Waals surface area contributed by atoms with E-state index in [4.69, 9.17) is 10.5 Å². The third-order valence-electron chi connectivity index (χ3n) is 1.86. The Labute approximate surface area is 86.3 Å². The molecule has 0 aliphatic rings. The minimum absolute atomic E-state index is 0.755. The van der Waals surface area contributed by atoms with Crippen molar-refractivity contribution in [1.29, 1.82) is 0 Å². The smallest absolute Gasteiger partial charge is 0.144 e. The maximum Gasteiger partial charge on any atom is 0.144 e. The first-order chi connectivity index (χ1) is 6.69. The zero-order valence-corrected chi connectivity index (χ0v) is 9.64. The second kappa shape index (κ2) is 6.13.